The zero-order chi connectivity index (χ0) is 41.3. The van der Waals surface area contributed by atoms with Crippen LogP contribution >= 0.6 is 0 Å². The van der Waals surface area contributed by atoms with Crippen LogP contribution in [0.1, 0.15) is 79.7 Å². The minimum Gasteiger partial charge on any atom is -0.481 e. The van der Waals surface area contributed by atoms with Crippen molar-refractivity contribution in [3.8, 4) is 0 Å². The van der Waals surface area contributed by atoms with E-state index in [-0.39, 0.29) is 37.8 Å². The van der Waals surface area contributed by atoms with Crippen molar-refractivity contribution in [2.24, 2.45) is 11.8 Å². The van der Waals surface area contributed by atoms with E-state index in [1.807, 2.05) is 30.3 Å². The van der Waals surface area contributed by atoms with E-state index >= 15 is 0 Å². The van der Waals surface area contributed by atoms with Crippen molar-refractivity contribution < 1.29 is 53.7 Å². The summed E-state index contributed by atoms with van der Waals surface area (Å²) in [5, 5.41) is 38.9. The lowest BCUT2D eigenvalue weighted by Crippen LogP contribution is -2.62. The third kappa shape index (κ3) is 15.5. The third-order valence-corrected chi connectivity index (χ3v) is 8.71. The van der Waals surface area contributed by atoms with Crippen LogP contribution in [0.25, 0.3) is 0 Å². The highest BCUT2D eigenvalue weighted by atomic mass is 16.4. The molecule has 1 aromatic carbocycles. The highest BCUT2D eigenvalue weighted by Gasteiger charge is 2.37. The summed E-state index contributed by atoms with van der Waals surface area (Å²) in [5.74, 6) is -8.53. The third-order valence-electron chi connectivity index (χ3n) is 8.71. The van der Waals surface area contributed by atoms with E-state index in [9.17, 15) is 53.7 Å². The number of carboxylic acids is 2. The van der Waals surface area contributed by atoms with Crippen LogP contribution in [0.3, 0.4) is 0 Å². The largest absolute Gasteiger partial charge is 0.481 e. The van der Waals surface area contributed by atoms with Gasteiger partial charge in [0.15, 0.2) is 0 Å². The molecule has 0 saturated carbocycles. The molecule has 0 bridgehead atoms. The van der Waals surface area contributed by atoms with Gasteiger partial charge in [0.1, 0.15) is 30.2 Å². The van der Waals surface area contributed by atoms with E-state index in [1.165, 1.54) is 23.8 Å². The van der Waals surface area contributed by atoms with Crippen LogP contribution in [0.15, 0.2) is 30.3 Å². The molecule has 0 fully saturated rings. The van der Waals surface area contributed by atoms with Crippen molar-refractivity contribution >= 4 is 47.4 Å². The molecule has 0 heterocycles. The number of amides is 6. The monoisotopic (exact) mass is 762 g/mol. The van der Waals surface area contributed by atoms with Gasteiger partial charge in [0.25, 0.3) is 0 Å². The molecule has 54 heavy (non-hydrogen) atoms. The highest BCUT2D eigenvalue weighted by Crippen LogP contribution is 2.14. The van der Waals surface area contributed by atoms with Crippen molar-refractivity contribution in [2.45, 2.75) is 117 Å². The summed E-state index contributed by atoms with van der Waals surface area (Å²) in [6, 6.07) is 1.61. The number of aliphatic carboxylic acids is 2. The number of likely N-dealkylation sites (N-methyl/N-ethyl adjacent to an activating group) is 1. The van der Waals surface area contributed by atoms with Crippen LogP contribution in [0.2, 0.25) is 0 Å². The van der Waals surface area contributed by atoms with Gasteiger partial charge in [-0.3, -0.25) is 33.6 Å². The number of nitrogens with zero attached hydrogens (tertiary/aromatic N) is 2. The Morgan fingerprint density at radius 2 is 1.20 bits per heavy atom. The molecule has 6 amide bonds. The van der Waals surface area contributed by atoms with Crippen LogP contribution in [-0.4, -0.2) is 129 Å². The molecule has 0 aromatic heterocycles. The van der Waals surface area contributed by atoms with Gasteiger partial charge < -0.3 is 46.4 Å². The molecule has 17 nitrogen and oxygen atoms in total. The minimum absolute atomic E-state index is 0.00756. The van der Waals surface area contributed by atoms with Gasteiger partial charge in [0.2, 0.25) is 35.4 Å². The Morgan fingerprint density at radius 3 is 1.67 bits per heavy atom. The molecular weight excluding hydrogens is 704 g/mol. The lowest BCUT2D eigenvalue weighted by atomic mass is 9.99. The fourth-order valence-corrected chi connectivity index (χ4v) is 5.77. The molecular formula is C37H58N6O11. The number of benzene rings is 1. The van der Waals surface area contributed by atoms with Gasteiger partial charge in [-0.15, -0.1) is 0 Å². The Kier molecular flexibility index (Phi) is 19.9. The van der Waals surface area contributed by atoms with Gasteiger partial charge in [-0.25, -0.2) is 4.79 Å². The number of carbonyl (C=O) groups is 8. The Morgan fingerprint density at radius 1 is 0.685 bits per heavy atom. The van der Waals surface area contributed by atoms with Crippen molar-refractivity contribution in [1.82, 2.24) is 31.1 Å². The Labute approximate surface area is 316 Å². The molecule has 0 radical (unpaired) electrons. The molecule has 1 aromatic rings. The van der Waals surface area contributed by atoms with Gasteiger partial charge >= 0.3 is 11.9 Å². The average Bonchev–Trinajstić information content (AvgIpc) is 3.08. The zero-order valence-corrected chi connectivity index (χ0v) is 32.5. The van der Waals surface area contributed by atoms with Crippen molar-refractivity contribution in [2.75, 3.05) is 20.1 Å². The van der Waals surface area contributed by atoms with E-state index in [1.54, 1.807) is 41.5 Å². The van der Waals surface area contributed by atoms with Crippen LogP contribution < -0.4 is 21.3 Å². The first-order chi connectivity index (χ1) is 25.2. The molecule has 0 aliphatic carbocycles. The fraction of sp³-hybridized carbons (Fsp3) is 0.622. The maximum atomic E-state index is 13.7. The molecule has 17 heteroatoms. The van der Waals surface area contributed by atoms with E-state index in [2.05, 4.69) is 21.3 Å². The van der Waals surface area contributed by atoms with E-state index in [0.29, 0.717) is 6.42 Å². The van der Waals surface area contributed by atoms with E-state index < -0.39 is 96.5 Å². The predicted molar refractivity (Wildman–Crippen MR) is 197 cm³/mol. The SMILES string of the molecule is CCN(CC)C(=O)C[C@H](NC(=O)[C@@H](NC(=O)[C@H](C(C)C)N(C)C(=O)CCc1ccccc1)[C@@H](C)O)C(=O)N[C@@H](CC(=O)O)C(=O)N[C@@H](CC(C)C)C(=O)O. The smallest absolute Gasteiger partial charge is 0.326 e. The normalized spacial score (nSPS) is 14.4. The quantitative estimate of drug-likeness (QED) is 0.0798. The Bertz CT molecular complexity index is 1450. The molecule has 7 N–H and O–H groups in total. The molecule has 302 valence electrons. The topological polar surface area (TPSA) is 252 Å². The van der Waals surface area contributed by atoms with Gasteiger partial charge in [0.05, 0.1) is 18.9 Å². The minimum atomic E-state index is -1.80. The summed E-state index contributed by atoms with van der Waals surface area (Å²) in [6.07, 6.45) is -2.62. The van der Waals surface area contributed by atoms with Gasteiger partial charge in [-0.2, -0.15) is 0 Å². The molecule has 0 spiro atoms. The molecule has 1 rings (SSSR count). The zero-order valence-electron chi connectivity index (χ0n) is 32.5. The van der Waals surface area contributed by atoms with Crippen LogP contribution in [0, 0.1) is 11.8 Å². The molecule has 6 atom stereocenters. The molecule has 0 aliphatic rings. The van der Waals surface area contributed by atoms with Crippen molar-refractivity contribution in [3.05, 3.63) is 35.9 Å². The average molecular weight is 763 g/mol. The lowest BCUT2D eigenvalue weighted by molar-refractivity contribution is -0.145. The number of aryl methyl sites for hydroxylation is 1. The Hall–Kier alpha value is -5.06. The van der Waals surface area contributed by atoms with E-state index in [4.69, 9.17) is 0 Å². The van der Waals surface area contributed by atoms with Gasteiger partial charge in [0, 0.05) is 26.6 Å². The number of carbonyl (C=O) groups excluding carboxylic acids is 6. The first-order valence-electron chi connectivity index (χ1n) is 18.1. The number of carboxylic acid groups (broad SMARTS) is 2. The second-order valence-corrected chi connectivity index (χ2v) is 13.9. The summed E-state index contributed by atoms with van der Waals surface area (Å²) in [4.78, 5) is 106. The summed E-state index contributed by atoms with van der Waals surface area (Å²) >= 11 is 0. The second kappa shape index (κ2) is 22.9. The number of hydrogen-bond donors (Lipinski definition) is 7. The molecule has 0 aliphatic heterocycles. The summed E-state index contributed by atoms with van der Waals surface area (Å²) in [7, 11) is 1.46. The number of hydrogen-bond acceptors (Lipinski definition) is 9. The summed E-state index contributed by atoms with van der Waals surface area (Å²) in [5.41, 5.74) is 0.930. The first-order valence-corrected chi connectivity index (χ1v) is 18.1. The highest BCUT2D eigenvalue weighted by molar-refractivity contribution is 5.98. The number of aliphatic hydroxyl groups excluding tert-OH is 1. The Balaban J connectivity index is 3.35. The lowest BCUT2D eigenvalue weighted by Gasteiger charge is -2.33. The van der Waals surface area contributed by atoms with Crippen LogP contribution in [0.4, 0.5) is 0 Å². The maximum Gasteiger partial charge on any atom is 0.326 e. The predicted octanol–water partition coefficient (Wildman–Crippen LogP) is 0.286. The molecule has 0 saturated heterocycles. The van der Waals surface area contributed by atoms with Gasteiger partial charge in [-0.05, 0) is 51.0 Å². The number of rotatable bonds is 23. The van der Waals surface area contributed by atoms with Crippen molar-refractivity contribution in [1.29, 1.82) is 0 Å². The summed E-state index contributed by atoms with van der Waals surface area (Å²) < 4.78 is 0. The van der Waals surface area contributed by atoms with Crippen LogP contribution in [0.5, 0.6) is 0 Å². The molecule has 0 unspecified atom stereocenters. The first kappa shape index (κ1) is 47.0. The second-order valence-electron chi connectivity index (χ2n) is 13.9. The number of aliphatic hydroxyl groups is 1. The summed E-state index contributed by atoms with van der Waals surface area (Å²) in [6.45, 7) is 11.9. The van der Waals surface area contributed by atoms with E-state index in [0.717, 1.165) is 5.56 Å². The van der Waals surface area contributed by atoms with Gasteiger partial charge in [-0.1, -0.05) is 58.0 Å². The number of nitrogens with one attached hydrogen (secondary N) is 4. The maximum absolute atomic E-state index is 13.7. The standard InChI is InChI=1S/C37H58N6O11/c1-9-43(10-2)29(46)19-25(33(49)38-26(20-30(47)48)34(50)40-27(37(53)54)18-21(3)4)39-35(51)31(23(7)44)41-36(52)32(22(5)6)42(8)28(45)17-16-24-14-12-11-13-15-24/h11-15,21-23,25-27,31-32,44H,9-10,16-20H2,1-8H3,(H,38,49)(H,39,51)(H,40,50)(H,41,52)(H,47,48)(H,53,54)/t23-,25+,26+,27+,31+,32+/m1/s1. The van der Waals surface area contributed by atoms with Crippen molar-refractivity contribution in [3.63, 3.8) is 0 Å². The fourth-order valence-electron chi connectivity index (χ4n) is 5.77. The van der Waals surface area contributed by atoms with Crippen LogP contribution in [-0.2, 0) is 44.8 Å².